The fraction of sp³-hybridized carbons (Fsp3) is 0.667. The van der Waals surface area contributed by atoms with Crippen molar-refractivity contribution in [3.05, 3.63) is 23.7 Å². The minimum absolute atomic E-state index is 0.447. The summed E-state index contributed by atoms with van der Waals surface area (Å²) in [6.07, 6.45) is 4.07. The summed E-state index contributed by atoms with van der Waals surface area (Å²) in [5.41, 5.74) is 0. The lowest BCUT2D eigenvalue weighted by Crippen LogP contribution is -2.31. The van der Waals surface area contributed by atoms with E-state index in [2.05, 4.69) is 24.4 Å². The monoisotopic (exact) mass is 193 g/mol. The van der Waals surface area contributed by atoms with Gasteiger partial charge in [0.25, 0.3) is 0 Å². The van der Waals surface area contributed by atoms with E-state index in [4.69, 9.17) is 4.42 Å². The van der Waals surface area contributed by atoms with Crippen LogP contribution in [0, 0.1) is 12.8 Å². The number of rotatable bonds is 4. The van der Waals surface area contributed by atoms with Gasteiger partial charge < -0.3 is 9.73 Å². The van der Waals surface area contributed by atoms with Crippen LogP contribution in [0.1, 0.15) is 43.7 Å². The highest BCUT2D eigenvalue weighted by Crippen LogP contribution is 2.38. The fourth-order valence-electron chi connectivity index (χ4n) is 2.11. The molecule has 2 heteroatoms. The van der Waals surface area contributed by atoms with Gasteiger partial charge in [0.05, 0.1) is 6.04 Å². The molecule has 1 fully saturated rings. The maximum atomic E-state index is 5.69. The summed E-state index contributed by atoms with van der Waals surface area (Å²) in [7, 11) is 0. The Morgan fingerprint density at radius 2 is 2.29 bits per heavy atom. The number of nitrogens with one attached hydrogen (secondary N) is 1. The summed E-state index contributed by atoms with van der Waals surface area (Å²) in [4.78, 5) is 0. The van der Waals surface area contributed by atoms with Gasteiger partial charge in [-0.2, -0.15) is 0 Å². The lowest BCUT2D eigenvalue weighted by Gasteiger charge is -2.33. The van der Waals surface area contributed by atoms with Crippen molar-refractivity contribution in [2.45, 2.75) is 39.2 Å². The van der Waals surface area contributed by atoms with E-state index < -0.39 is 0 Å². The van der Waals surface area contributed by atoms with Crippen LogP contribution in [-0.4, -0.2) is 6.54 Å². The van der Waals surface area contributed by atoms with E-state index in [1.54, 1.807) is 0 Å². The van der Waals surface area contributed by atoms with Crippen molar-refractivity contribution in [3.8, 4) is 0 Å². The Balaban J connectivity index is 2.09. The van der Waals surface area contributed by atoms with Gasteiger partial charge in [-0.15, -0.1) is 0 Å². The van der Waals surface area contributed by atoms with E-state index in [1.807, 2.05) is 6.92 Å². The summed E-state index contributed by atoms with van der Waals surface area (Å²) in [5.74, 6) is 2.93. The SMILES string of the molecule is CCNC(c1ccc(C)o1)C1CCC1. The first-order valence-corrected chi connectivity index (χ1v) is 5.61. The molecule has 0 spiro atoms. The first kappa shape index (κ1) is 9.78. The maximum Gasteiger partial charge on any atom is 0.121 e. The van der Waals surface area contributed by atoms with Gasteiger partial charge in [0.15, 0.2) is 0 Å². The summed E-state index contributed by atoms with van der Waals surface area (Å²) in [5, 5.41) is 3.52. The van der Waals surface area contributed by atoms with Gasteiger partial charge in [-0.3, -0.25) is 0 Å². The van der Waals surface area contributed by atoms with Crippen molar-refractivity contribution in [1.82, 2.24) is 5.32 Å². The zero-order chi connectivity index (χ0) is 9.97. The van der Waals surface area contributed by atoms with Gasteiger partial charge in [-0.05, 0) is 44.4 Å². The van der Waals surface area contributed by atoms with E-state index in [1.165, 1.54) is 19.3 Å². The van der Waals surface area contributed by atoms with Gasteiger partial charge >= 0.3 is 0 Å². The molecule has 1 N–H and O–H groups in total. The Kier molecular flexibility index (Phi) is 2.92. The molecule has 2 rings (SSSR count). The molecule has 1 aliphatic rings. The van der Waals surface area contributed by atoms with Crippen molar-refractivity contribution in [1.29, 1.82) is 0 Å². The molecule has 0 saturated heterocycles. The molecule has 1 aliphatic carbocycles. The second-order valence-electron chi connectivity index (χ2n) is 4.17. The first-order chi connectivity index (χ1) is 6.81. The van der Waals surface area contributed by atoms with Crippen LogP contribution in [-0.2, 0) is 0 Å². The van der Waals surface area contributed by atoms with Crippen molar-refractivity contribution < 1.29 is 4.42 Å². The molecule has 0 radical (unpaired) electrons. The average Bonchev–Trinajstić information content (AvgIpc) is 2.48. The van der Waals surface area contributed by atoms with E-state index in [0.29, 0.717) is 6.04 Å². The first-order valence-electron chi connectivity index (χ1n) is 5.61. The van der Waals surface area contributed by atoms with E-state index in [0.717, 1.165) is 24.0 Å². The van der Waals surface area contributed by atoms with Crippen LogP contribution in [0.3, 0.4) is 0 Å². The van der Waals surface area contributed by atoms with E-state index >= 15 is 0 Å². The molecule has 0 aromatic carbocycles. The van der Waals surface area contributed by atoms with Crippen molar-refractivity contribution in [2.75, 3.05) is 6.54 Å². The third kappa shape index (κ3) is 1.85. The van der Waals surface area contributed by atoms with Crippen LogP contribution < -0.4 is 5.32 Å². The molecule has 78 valence electrons. The summed E-state index contributed by atoms with van der Waals surface area (Å²) >= 11 is 0. The molecule has 0 aliphatic heterocycles. The molecule has 0 amide bonds. The topological polar surface area (TPSA) is 25.2 Å². The van der Waals surface area contributed by atoms with Crippen LogP contribution in [0.5, 0.6) is 0 Å². The average molecular weight is 193 g/mol. The highest BCUT2D eigenvalue weighted by Gasteiger charge is 2.29. The molecule has 1 aromatic rings. The fourth-order valence-corrected chi connectivity index (χ4v) is 2.11. The highest BCUT2D eigenvalue weighted by atomic mass is 16.3. The zero-order valence-electron chi connectivity index (χ0n) is 9.05. The van der Waals surface area contributed by atoms with Crippen LogP contribution in [0.25, 0.3) is 0 Å². The van der Waals surface area contributed by atoms with Crippen LogP contribution in [0.15, 0.2) is 16.5 Å². The molecular formula is C12H19NO. The number of aryl methyl sites for hydroxylation is 1. The van der Waals surface area contributed by atoms with Gasteiger partial charge in [-0.25, -0.2) is 0 Å². The smallest absolute Gasteiger partial charge is 0.121 e. The number of furan rings is 1. The number of hydrogen-bond donors (Lipinski definition) is 1. The molecule has 1 unspecified atom stereocenters. The number of hydrogen-bond acceptors (Lipinski definition) is 2. The predicted molar refractivity (Wildman–Crippen MR) is 57.2 cm³/mol. The molecule has 1 heterocycles. The van der Waals surface area contributed by atoms with Crippen molar-refractivity contribution >= 4 is 0 Å². The minimum atomic E-state index is 0.447. The lowest BCUT2D eigenvalue weighted by atomic mass is 9.79. The molecule has 1 aromatic heterocycles. The Morgan fingerprint density at radius 3 is 2.71 bits per heavy atom. The molecule has 14 heavy (non-hydrogen) atoms. The third-order valence-corrected chi connectivity index (χ3v) is 3.11. The Bertz CT molecular complexity index is 288. The zero-order valence-corrected chi connectivity index (χ0v) is 9.05. The van der Waals surface area contributed by atoms with Gasteiger partial charge in [-0.1, -0.05) is 13.3 Å². The summed E-state index contributed by atoms with van der Waals surface area (Å²) in [6, 6.07) is 4.61. The highest BCUT2D eigenvalue weighted by molar-refractivity contribution is 5.11. The van der Waals surface area contributed by atoms with E-state index in [-0.39, 0.29) is 0 Å². The second-order valence-corrected chi connectivity index (χ2v) is 4.17. The molecule has 1 atom stereocenters. The predicted octanol–water partition coefficient (Wildman–Crippen LogP) is 3.04. The van der Waals surface area contributed by atoms with Gasteiger partial charge in [0, 0.05) is 0 Å². The molecular weight excluding hydrogens is 174 g/mol. The molecule has 2 nitrogen and oxygen atoms in total. The van der Waals surface area contributed by atoms with Crippen LogP contribution in [0.2, 0.25) is 0 Å². The van der Waals surface area contributed by atoms with Gasteiger partial charge in [0.2, 0.25) is 0 Å². The minimum Gasteiger partial charge on any atom is -0.465 e. The Morgan fingerprint density at radius 1 is 1.50 bits per heavy atom. The summed E-state index contributed by atoms with van der Waals surface area (Å²) in [6.45, 7) is 5.18. The van der Waals surface area contributed by atoms with E-state index in [9.17, 15) is 0 Å². The Labute approximate surface area is 85.7 Å². The van der Waals surface area contributed by atoms with Gasteiger partial charge in [0.1, 0.15) is 11.5 Å². The van der Waals surface area contributed by atoms with Crippen LogP contribution in [0.4, 0.5) is 0 Å². The quantitative estimate of drug-likeness (QED) is 0.795. The normalized spacial score (nSPS) is 19.3. The Hall–Kier alpha value is -0.760. The third-order valence-electron chi connectivity index (χ3n) is 3.11. The summed E-state index contributed by atoms with van der Waals surface area (Å²) < 4.78 is 5.69. The standard InChI is InChI=1S/C12H19NO/c1-3-13-12(10-5-4-6-10)11-8-7-9(2)14-11/h7-8,10,12-13H,3-6H2,1-2H3. The van der Waals surface area contributed by atoms with Crippen LogP contribution >= 0.6 is 0 Å². The largest absolute Gasteiger partial charge is 0.465 e. The lowest BCUT2D eigenvalue weighted by molar-refractivity contribution is 0.208. The van der Waals surface area contributed by atoms with Crippen molar-refractivity contribution in [2.24, 2.45) is 5.92 Å². The maximum absolute atomic E-state index is 5.69. The molecule has 0 bridgehead atoms. The second kappa shape index (κ2) is 4.18. The molecule has 1 saturated carbocycles. The van der Waals surface area contributed by atoms with Crippen molar-refractivity contribution in [3.63, 3.8) is 0 Å².